The average molecular weight is 465 g/mol. The molecule has 0 fully saturated rings. The minimum Gasteiger partial charge on any atom is -0.463 e. The van der Waals surface area contributed by atoms with Gasteiger partial charge in [-0.2, -0.15) is 5.26 Å². The highest BCUT2D eigenvalue weighted by molar-refractivity contribution is 7.07. The van der Waals surface area contributed by atoms with Crippen molar-refractivity contribution in [3.8, 4) is 6.07 Å². The molecule has 1 atom stereocenters. The van der Waals surface area contributed by atoms with Crippen molar-refractivity contribution in [2.24, 2.45) is 5.73 Å². The van der Waals surface area contributed by atoms with Gasteiger partial charge in [-0.25, -0.2) is 13.6 Å². The molecule has 166 valence electrons. The third-order valence-electron chi connectivity index (χ3n) is 5.14. The van der Waals surface area contributed by atoms with Crippen LogP contribution in [0.15, 0.2) is 58.9 Å². The molecular formula is C24H17F2N3O3S. The molecule has 33 heavy (non-hydrogen) atoms. The minimum absolute atomic E-state index is 0.0582. The number of carbonyl (C=O) groups excluding carboxylic acids is 1. The monoisotopic (exact) mass is 465 g/mol. The van der Waals surface area contributed by atoms with Gasteiger partial charge < -0.3 is 10.5 Å². The standard InChI is InChI=1S/C24H17F2N3O3S/c1-2-32-24(31)20-19(14-5-9-16(26)10-6-14)17(12-27)23-29(21(20)28)22(30)18(33-23)11-13-3-7-15(25)8-4-13/h3-11,19H,2,28H2,1H3/b18-11+. The van der Waals surface area contributed by atoms with E-state index in [1.165, 1.54) is 48.5 Å². The van der Waals surface area contributed by atoms with Crippen LogP contribution >= 0.6 is 11.3 Å². The van der Waals surface area contributed by atoms with Gasteiger partial charge in [0.2, 0.25) is 0 Å². The van der Waals surface area contributed by atoms with E-state index in [1.54, 1.807) is 13.0 Å². The van der Waals surface area contributed by atoms with E-state index in [1.807, 2.05) is 0 Å². The molecule has 6 nitrogen and oxygen atoms in total. The Morgan fingerprint density at radius 3 is 2.36 bits per heavy atom. The predicted molar refractivity (Wildman–Crippen MR) is 120 cm³/mol. The number of fused-ring (bicyclic) bond motifs is 1. The van der Waals surface area contributed by atoms with Crippen molar-refractivity contribution in [1.29, 1.82) is 5.26 Å². The van der Waals surface area contributed by atoms with E-state index >= 15 is 0 Å². The van der Waals surface area contributed by atoms with E-state index in [2.05, 4.69) is 6.07 Å². The Kier molecular flexibility index (Phi) is 5.94. The molecule has 1 aromatic heterocycles. The molecule has 2 heterocycles. The van der Waals surface area contributed by atoms with Crippen LogP contribution in [0, 0.1) is 23.0 Å². The van der Waals surface area contributed by atoms with Crippen molar-refractivity contribution in [2.75, 3.05) is 6.61 Å². The lowest BCUT2D eigenvalue weighted by Gasteiger charge is -2.25. The molecule has 0 bridgehead atoms. The second-order valence-electron chi connectivity index (χ2n) is 7.14. The number of nitriles is 1. The smallest absolute Gasteiger partial charge is 0.338 e. The molecule has 2 N–H and O–H groups in total. The lowest BCUT2D eigenvalue weighted by Crippen LogP contribution is -2.40. The Bertz CT molecular complexity index is 1490. The third-order valence-corrected chi connectivity index (χ3v) is 6.24. The fourth-order valence-corrected chi connectivity index (χ4v) is 4.79. The molecule has 0 aliphatic carbocycles. The summed E-state index contributed by atoms with van der Waals surface area (Å²) in [6.45, 7) is 1.68. The van der Waals surface area contributed by atoms with Gasteiger partial charge in [-0.1, -0.05) is 24.3 Å². The van der Waals surface area contributed by atoms with Crippen molar-refractivity contribution in [1.82, 2.24) is 4.57 Å². The van der Waals surface area contributed by atoms with Gasteiger partial charge in [0, 0.05) is 0 Å². The second-order valence-corrected chi connectivity index (χ2v) is 8.17. The number of esters is 1. The number of aromatic nitrogens is 1. The highest BCUT2D eigenvalue weighted by atomic mass is 32.1. The summed E-state index contributed by atoms with van der Waals surface area (Å²) in [6.07, 6.45) is 1.55. The zero-order chi connectivity index (χ0) is 23.7. The van der Waals surface area contributed by atoms with Crippen LogP contribution in [-0.2, 0) is 9.53 Å². The molecule has 3 aromatic rings. The van der Waals surface area contributed by atoms with Crippen molar-refractivity contribution in [3.05, 3.63) is 96.4 Å². The van der Waals surface area contributed by atoms with Crippen LogP contribution in [0.25, 0.3) is 17.5 Å². The van der Waals surface area contributed by atoms with Crippen LogP contribution in [0.5, 0.6) is 0 Å². The number of benzene rings is 2. The molecule has 0 radical (unpaired) electrons. The second kappa shape index (κ2) is 8.84. The minimum atomic E-state index is -0.939. The van der Waals surface area contributed by atoms with Crippen molar-refractivity contribution < 1.29 is 18.3 Å². The number of nitrogens with two attached hydrogens (primary N) is 1. The van der Waals surface area contributed by atoms with Gasteiger partial charge in [0.25, 0.3) is 5.56 Å². The largest absolute Gasteiger partial charge is 0.463 e. The van der Waals surface area contributed by atoms with Crippen LogP contribution in [0.2, 0.25) is 0 Å². The van der Waals surface area contributed by atoms with Crippen LogP contribution in [0.1, 0.15) is 24.0 Å². The molecule has 1 aliphatic rings. The number of hydrogen-bond acceptors (Lipinski definition) is 6. The maximum atomic E-state index is 13.5. The number of hydrogen-bond donors (Lipinski definition) is 1. The van der Waals surface area contributed by atoms with Crippen LogP contribution in [0.3, 0.4) is 0 Å². The zero-order valence-electron chi connectivity index (χ0n) is 17.3. The Balaban J connectivity index is 2.05. The molecule has 0 amide bonds. The molecule has 1 unspecified atom stereocenters. The van der Waals surface area contributed by atoms with Gasteiger partial charge in [-0.3, -0.25) is 9.36 Å². The van der Waals surface area contributed by atoms with Crippen LogP contribution < -0.4 is 20.5 Å². The van der Waals surface area contributed by atoms with Crippen molar-refractivity contribution in [2.45, 2.75) is 12.8 Å². The number of rotatable bonds is 4. The number of carbonyl (C=O) groups is 1. The number of halogens is 2. The number of nitrogens with zero attached hydrogens (tertiary/aromatic N) is 2. The third kappa shape index (κ3) is 3.97. The lowest BCUT2D eigenvalue weighted by molar-refractivity contribution is -0.138. The molecular weight excluding hydrogens is 448 g/mol. The van der Waals surface area contributed by atoms with Gasteiger partial charge in [0.05, 0.1) is 34.3 Å². The first-order chi connectivity index (χ1) is 15.8. The summed E-state index contributed by atoms with van der Waals surface area (Å²) in [5.41, 5.74) is 6.86. The zero-order valence-corrected chi connectivity index (χ0v) is 18.2. The Labute approximate surface area is 190 Å². The van der Waals surface area contributed by atoms with Gasteiger partial charge in [-0.05, 0) is 48.4 Å². The normalized spacial score (nSPS) is 15.9. The summed E-state index contributed by atoms with van der Waals surface area (Å²) in [5.74, 6) is -2.76. The Morgan fingerprint density at radius 1 is 1.18 bits per heavy atom. The SMILES string of the molecule is CCOC(=O)C1=C(N)n2c(s/c(=C/c3ccc(F)cc3)c2=O)=C(C#N)C1c1ccc(F)cc1. The van der Waals surface area contributed by atoms with Gasteiger partial charge >= 0.3 is 5.97 Å². The van der Waals surface area contributed by atoms with E-state index < -0.39 is 29.1 Å². The Hall–Kier alpha value is -4.03. The van der Waals surface area contributed by atoms with Gasteiger partial charge in [0.1, 0.15) is 22.1 Å². The average Bonchev–Trinajstić information content (AvgIpc) is 3.12. The van der Waals surface area contributed by atoms with E-state index in [9.17, 15) is 23.6 Å². The molecule has 1 aliphatic heterocycles. The summed E-state index contributed by atoms with van der Waals surface area (Å²) in [5, 5.41) is 10.0. The maximum Gasteiger partial charge on any atom is 0.338 e. The summed E-state index contributed by atoms with van der Waals surface area (Å²) in [6, 6.07) is 13.0. The Morgan fingerprint density at radius 2 is 1.79 bits per heavy atom. The molecule has 0 saturated heterocycles. The summed E-state index contributed by atoms with van der Waals surface area (Å²) in [4.78, 5) is 26.1. The fourth-order valence-electron chi connectivity index (χ4n) is 3.66. The number of ether oxygens (including phenoxy) is 1. The fraction of sp³-hybridized carbons (Fsp3) is 0.125. The van der Waals surface area contributed by atoms with E-state index in [4.69, 9.17) is 10.5 Å². The van der Waals surface area contributed by atoms with Crippen LogP contribution in [-0.4, -0.2) is 17.1 Å². The molecule has 0 saturated carbocycles. The number of thiazole rings is 1. The lowest BCUT2D eigenvalue weighted by atomic mass is 9.84. The van der Waals surface area contributed by atoms with E-state index in [0.717, 1.165) is 15.9 Å². The quantitative estimate of drug-likeness (QED) is 0.596. The van der Waals surface area contributed by atoms with Gasteiger partial charge in [-0.15, -0.1) is 11.3 Å². The first-order valence-corrected chi connectivity index (χ1v) is 10.7. The van der Waals surface area contributed by atoms with Gasteiger partial charge in [0.15, 0.2) is 0 Å². The van der Waals surface area contributed by atoms with Crippen LogP contribution in [0.4, 0.5) is 8.78 Å². The topological polar surface area (TPSA) is 98.1 Å². The first kappa shape index (κ1) is 22.2. The first-order valence-electron chi connectivity index (χ1n) is 9.91. The van der Waals surface area contributed by atoms with Crippen molar-refractivity contribution in [3.63, 3.8) is 0 Å². The molecule has 9 heteroatoms. The van der Waals surface area contributed by atoms with E-state index in [0.29, 0.717) is 11.1 Å². The predicted octanol–water partition coefficient (Wildman–Crippen LogP) is 2.18. The summed E-state index contributed by atoms with van der Waals surface area (Å²) >= 11 is 1.03. The molecule has 2 aromatic carbocycles. The van der Waals surface area contributed by atoms with Crippen molar-refractivity contribution >= 4 is 34.8 Å². The molecule has 4 rings (SSSR count). The summed E-state index contributed by atoms with van der Waals surface area (Å²) in [7, 11) is 0. The van der Waals surface area contributed by atoms with E-state index in [-0.39, 0.29) is 32.8 Å². The molecule has 0 spiro atoms. The highest BCUT2D eigenvalue weighted by Crippen LogP contribution is 2.36. The highest BCUT2D eigenvalue weighted by Gasteiger charge is 2.36. The summed E-state index contributed by atoms with van der Waals surface area (Å²) < 4.78 is 33.6. The maximum absolute atomic E-state index is 13.5.